The van der Waals surface area contributed by atoms with Gasteiger partial charge in [-0.3, -0.25) is 4.90 Å². The highest BCUT2D eigenvalue weighted by atomic mass is 16.4. The predicted molar refractivity (Wildman–Crippen MR) is 62.9 cm³/mol. The van der Waals surface area contributed by atoms with Gasteiger partial charge in [0.15, 0.2) is 0 Å². The molecule has 1 aromatic rings. The smallest absolute Gasteiger partial charge is 0.338 e. The van der Waals surface area contributed by atoms with Crippen LogP contribution in [0.5, 0.6) is 0 Å². The van der Waals surface area contributed by atoms with Gasteiger partial charge in [-0.25, -0.2) is 4.79 Å². The SMILES string of the molecule is CC(C)N(CCCO)Cc1cc(C(=O)O)co1. The number of aliphatic hydroxyl groups excluding tert-OH is 1. The molecule has 96 valence electrons. The van der Waals surface area contributed by atoms with E-state index < -0.39 is 5.97 Å². The summed E-state index contributed by atoms with van der Waals surface area (Å²) in [4.78, 5) is 12.8. The Morgan fingerprint density at radius 3 is 2.71 bits per heavy atom. The Bertz CT molecular complexity index is 359. The van der Waals surface area contributed by atoms with Crippen LogP contribution in [-0.4, -0.2) is 40.3 Å². The quantitative estimate of drug-likeness (QED) is 0.758. The van der Waals surface area contributed by atoms with Crippen LogP contribution in [0, 0.1) is 0 Å². The standard InChI is InChI=1S/C12H19NO4/c1-9(2)13(4-3-5-14)7-11-6-10(8-17-11)12(15)16/h6,8-9,14H,3-5,7H2,1-2H3,(H,15,16). The van der Waals surface area contributed by atoms with Crippen molar-refractivity contribution in [1.82, 2.24) is 4.90 Å². The van der Waals surface area contributed by atoms with Crippen LogP contribution in [-0.2, 0) is 6.54 Å². The highest BCUT2D eigenvalue weighted by molar-refractivity contribution is 5.87. The number of aromatic carboxylic acids is 1. The van der Waals surface area contributed by atoms with Crippen LogP contribution in [0.25, 0.3) is 0 Å². The number of carboxylic acids is 1. The van der Waals surface area contributed by atoms with E-state index in [1.165, 1.54) is 12.3 Å². The van der Waals surface area contributed by atoms with Crippen LogP contribution in [0.1, 0.15) is 36.4 Å². The number of carbonyl (C=O) groups is 1. The van der Waals surface area contributed by atoms with Crippen LogP contribution >= 0.6 is 0 Å². The van der Waals surface area contributed by atoms with E-state index in [4.69, 9.17) is 14.6 Å². The van der Waals surface area contributed by atoms with Crippen molar-refractivity contribution in [2.24, 2.45) is 0 Å². The van der Waals surface area contributed by atoms with Crippen LogP contribution in [0.3, 0.4) is 0 Å². The maximum atomic E-state index is 10.7. The fourth-order valence-corrected chi connectivity index (χ4v) is 1.57. The molecule has 0 fully saturated rings. The average Bonchev–Trinajstić information content (AvgIpc) is 2.72. The van der Waals surface area contributed by atoms with Crippen LogP contribution < -0.4 is 0 Å². The summed E-state index contributed by atoms with van der Waals surface area (Å²) in [5.41, 5.74) is 0.172. The molecule has 0 amide bonds. The van der Waals surface area contributed by atoms with Crippen molar-refractivity contribution in [3.63, 3.8) is 0 Å². The summed E-state index contributed by atoms with van der Waals surface area (Å²) >= 11 is 0. The Morgan fingerprint density at radius 1 is 1.53 bits per heavy atom. The largest absolute Gasteiger partial charge is 0.478 e. The van der Waals surface area contributed by atoms with Gasteiger partial charge in [0.1, 0.15) is 12.0 Å². The molecule has 0 aliphatic rings. The first-order valence-corrected chi connectivity index (χ1v) is 5.70. The van der Waals surface area contributed by atoms with Crippen LogP contribution in [0.4, 0.5) is 0 Å². The molecule has 0 atom stereocenters. The van der Waals surface area contributed by atoms with Crippen molar-refractivity contribution in [3.05, 3.63) is 23.7 Å². The van der Waals surface area contributed by atoms with Crippen molar-refractivity contribution in [2.45, 2.75) is 32.9 Å². The number of aliphatic hydroxyl groups is 1. The molecule has 0 radical (unpaired) electrons. The lowest BCUT2D eigenvalue weighted by Crippen LogP contribution is -2.31. The summed E-state index contributed by atoms with van der Waals surface area (Å²) in [7, 11) is 0. The minimum Gasteiger partial charge on any atom is -0.478 e. The number of hydrogen-bond donors (Lipinski definition) is 2. The number of hydrogen-bond acceptors (Lipinski definition) is 4. The van der Waals surface area contributed by atoms with Crippen molar-refractivity contribution in [2.75, 3.05) is 13.2 Å². The number of nitrogens with zero attached hydrogens (tertiary/aromatic N) is 1. The number of carboxylic acid groups (broad SMARTS) is 1. The first-order valence-electron chi connectivity index (χ1n) is 5.70. The molecule has 5 heteroatoms. The number of rotatable bonds is 7. The fraction of sp³-hybridized carbons (Fsp3) is 0.583. The number of furan rings is 1. The zero-order chi connectivity index (χ0) is 12.8. The highest BCUT2D eigenvalue weighted by Crippen LogP contribution is 2.13. The molecule has 0 saturated heterocycles. The first-order chi connectivity index (χ1) is 8.04. The second-order valence-electron chi connectivity index (χ2n) is 4.25. The molecule has 0 aliphatic carbocycles. The molecular formula is C12H19NO4. The molecule has 0 bridgehead atoms. The predicted octanol–water partition coefficient (Wildman–Crippen LogP) is 1.57. The minimum absolute atomic E-state index is 0.155. The van der Waals surface area contributed by atoms with Gasteiger partial charge in [0.2, 0.25) is 0 Å². The van der Waals surface area contributed by atoms with E-state index in [1.807, 2.05) is 0 Å². The lowest BCUT2D eigenvalue weighted by Gasteiger charge is -2.24. The van der Waals surface area contributed by atoms with Gasteiger partial charge in [-0.1, -0.05) is 0 Å². The minimum atomic E-state index is -0.980. The Kier molecular flexibility index (Phi) is 5.18. The maximum Gasteiger partial charge on any atom is 0.338 e. The van der Waals surface area contributed by atoms with Gasteiger partial charge >= 0.3 is 5.97 Å². The van der Waals surface area contributed by atoms with Gasteiger partial charge in [-0.05, 0) is 26.3 Å². The Morgan fingerprint density at radius 2 is 2.24 bits per heavy atom. The van der Waals surface area contributed by atoms with E-state index in [1.54, 1.807) is 0 Å². The summed E-state index contributed by atoms with van der Waals surface area (Å²) in [5, 5.41) is 17.6. The monoisotopic (exact) mass is 241 g/mol. The van der Waals surface area contributed by atoms with Crippen molar-refractivity contribution in [1.29, 1.82) is 0 Å². The van der Waals surface area contributed by atoms with Crippen molar-refractivity contribution < 1.29 is 19.4 Å². The molecule has 0 aliphatic heterocycles. The van der Waals surface area contributed by atoms with Gasteiger partial charge in [-0.2, -0.15) is 0 Å². The summed E-state index contributed by atoms with van der Waals surface area (Å²) in [6, 6.07) is 1.86. The molecule has 0 aromatic carbocycles. The summed E-state index contributed by atoms with van der Waals surface area (Å²) in [6.45, 7) is 5.58. The third-order valence-corrected chi connectivity index (χ3v) is 2.59. The average molecular weight is 241 g/mol. The van der Waals surface area contributed by atoms with Gasteiger partial charge < -0.3 is 14.6 Å². The maximum absolute atomic E-state index is 10.7. The molecule has 0 spiro atoms. The van der Waals surface area contributed by atoms with Crippen molar-refractivity contribution >= 4 is 5.97 Å². The van der Waals surface area contributed by atoms with Gasteiger partial charge in [0.25, 0.3) is 0 Å². The lowest BCUT2D eigenvalue weighted by atomic mass is 10.2. The Hall–Kier alpha value is -1.33. The summed E-state index contributed by atoms with van der Waals surface area (Å²) < 4.78 is 5.20. The normalized spacial score (nSPS) is 11.4. The van der Waals surface area contributed by atoms with E-state index in [-0.39, 0.29) is 12.2 Å². The summed E-state index contributed by atoms with van der Waals surface area (Å²) in [5.74, 6) is -0.347. The third-order valence-electron chi connectivity index (χ3n) is 2.59. The molecular weight excluding hydrogens is 222 g/mol. The molecule has 1 rings (SSSR count). The van der Waals surface area contributed by atoms with E-state index in [9.17, 15) is 4.79 Å². The molecule has 2 N–H and O–H groups in total. The molecule has 0 saturated carbocycles. The first kappa shape index (κ1) is 13.7. The van der Waals surface area contributed by atoms with Crippen molar-refractivity contribution in [3.8, 4) is 0 Å². The van der Waals surface area contributed by atoms with E-state index in [2.05, 4.69) is 18.7 Å². The Labute approximate surface area is 101 Å². The van der Waals surface area contributed by atoms with E-state index in [0.29, 0.717) is 24.8 Å². The molecule has 1 heterocycles. The lowest BCUT2D eigenvalue weighted by molar-refractivity contribution is 0.0696. The molecule has 1 aromatic heterocycles. The summed E-state index contributed by atoms with van der Waals surface area (Å²) in [6.07, 6.45) is 1.95. The molecule has 5 nitrogen and oxygen atoms in total. The van der Waals surface area contributed by atoms with Crippen LogP contribution in [0.2, 0.25) is 0 Å². The third kappa shape index (κ3) is 4.20. The topological polar surface area (TPSA) is 73.9 Å². The van der Waals surface area contributed by atoms with Gasteiger partial charge in [0.05, 0.1) is 12.1 Å². The van der Waals surface area contributed by atoms with E-state index >= 15 is 0 Å². The van der Waals surface area contributed by atoms with Gasteiger partial charge in [-0.15, -0.1) is 0 Å². The molecule has 0 unspecified atom stereocenters. The fourth-order valence-electron chi connectivity index (χ4n) is 1.57. The Balaban J connectivity index is 2.61. The second kappa shape index (κ2) is 6.42. The molecule has 17 heavy (non-hydrogen) atoms. The zero-order valence-corrected chi connectivity index (χ0v) is 10.2. The highest BCUT2D eigenvalue weighted by Gasteiger charge is 2.14. The van der Waals surface area contributed by atoms with Gasteiger partial charge in [0, 0.05) is 19.2 Å². The zero-order valence-electron chi connectivity index (χ0n) is 10.2. The van der Waals surface area contributed by atoms with E-state index in [0.717, 1.165) is 6.54 Å². The van der Waals surface area contributed by atoms with Crippen LogP contribution in [0.15, 0.2) is 16.7 Å². The second-order valence-corrected chi connectivity index (χ2v) is 4.25.